The van der Waals surface area contributed by atoms with Crippen molar-refractivity contribution in [1.82, 2.24) is 9.97 Å². The SMILES string of the molecule is NNc1cc(NC2CCCc3sccc32)ncn1. The first kappa shape index (κ1) is 11.4. The summed E-state index contributed by atoms with van der Waals surface area (Å²) in [6.45, 7) is 0. The molecule has 0 saturated heterocycles. The molecule has 0 aromatic carbocycles. The number of aromatic nitrogens is 2. The molecule has 18 heavy (non-hydrogen) atoms. The van der Waals surface area contributed by atoms with Crippen LogP contribution >= 0.6 is 11.3 Å². The lowest BCUT2D eigenvalue weighted by molar-refractivity contribution is 0.607. The van der Waals surface area contributed by atoms with Gasteiger partial charge < -0.3 is 10.7 Å². The lowest BCUT2D eigenvalue weighted by Crippen LogP contribution is -2.17. The first-order valence-electron chi connectivity index (χ1n) is 5.98. The van der Waals surface area contributed by atoms with Gasteiger partial charge in [0, 0.05) is 10.9 Å². The van der Waals surface area contributed by atoms with Crippen LogP contribution in [0.4, 0.5) is 11.6 Å². The van der Waals surface area contributed by atoms with Gasteiger partial charge in [0.05, 0.1) is 6.04 Å². The summed E-state index contributed by atoms with van der Waals surface area (Å²) in [6, 6.07) is 4.38. The van der Waals surface area contributed by atoms with E-state index in [1.165, 1.54) is 29.6 Å². The van der Waals surface area contributed by atoms with Gasteiger partial charge in [0.2, 0.25) is 0 Å². The van der Waals surface area contributed by atoms with Gasteiger partial charge in [0.15, 0.2) is 0 Å². The molecule has 2 aromatic rings. The van der Waals surface area contributed by atoms with E-state index in [0.717, 1.165) is 12.2 Å². The van der Waals surface area contributed by atoms with Gasteiger partial charge in [-0.25, -0.2) is 15.8 Å². The highest BCUT2D eigenvalue weighted by Crippen LogP contribution is 2.35. The van der Waals surface area contributed by atoms with E-state index in [1.807, 2.05) is 17.4 Å². The molecule has 1 unspecified atom stereocenters. The molecule has 0 radical (unpaired) electrons. The molecule has 6 heteroatoms. The highest BCUT2D eigenvalue weighted by molar-refractivity contribution is 7.10. The normalized spacial score (nSPS) is 18.2. The van der Waals surface area contributed by atoms with Crippen LogP contribution in [0.2, 0.25) is 0 Å². The summed E-state index contributed by atoms with van der Waals surface area (Å²) in [6.07, 6.45) is 5.07. The van der Waals surface area contributed by atoms with Crippen LogP contribution in [0.5, 0.6) is 0 Å². The lowest BCUT2D eigenvalue weighted by Gasteiger charge is -2.24. The third kappa shape index (κ3) is 2.16. The average Bonchev–Trinajstić information content (AvgIpc) is 2.88. The summed E-state index contributed by atoms with van der Waals surface area (Å²) in [5, 5.41) is 5.62. The van der Waals surface area contributed by atoms with Crippen LogP contribution < -0.4 is 16.6 Å². The Morgan fingerprint density at radius 3 is 3.11 bits per heavy atom. The molecule has 0 bridgehead atoms. The van der Waals surface area contributed by atoms with Crippen LogP contribution in [0, 0.1) is 0 Å². The van der Waals surface area contributed by atoms with Gasteiger partial charge in [0.25, 0.3) is 0 Å². The predicted octanol–water partition coefficient (Wildman–Crippen LogP) is 2.31. The maximum absolute atomic E-state index is 5.35. The van der Waals surface area contributed by atoms with Crippen molar-refractivity contribution in [3.8, 4) is 0 Å². The number of anilines is 2. The van der Waals surface area contributed by atoms with E-state index >= 15 is 0 Å². The number of fused-ring (bicyclic) bond motifs is 1. The molecule has 0 fully saturated rings. The third-order valence-corrected chi connectivity index (χ3v) is 4.19. The zero-order valence-corrected chi connectivity index (χ0v) is 10.7. The second-order valence-electron chi connectivity index (χ2n) is 4.32. The van der Waals surface area contributed by atoms with Crippen molar-refractivity contribution in [2.24, 2.45) is 5.84 Å². The van der Waals surface area contributed by atoms with Gasteiger partial charge in [-0.3, -0.25) is 0 Å². The molecule has 1 atom stereocenters. The molecule has 0 spiro atoms. The van der Waals surface area contributed by atoms with Crippen molar-refractivity contribution in [1.29, 1.82) is 0 Å². The Bertz CT molecular complexity index is 539. The molecule has 5 nitrogen and oxygen atoms in total. The first-order valence-corrected chi connectivity index (χ1v) is 6.86. The van der Waals surface area contributed by atoms with E-state index in [1.54, 1.807) is 0 Å². The van der Waals surface area contributed by atoms with Crippen LogP contribution in [0.3, 0.4) is 0 Å². The maximum atomic E-state index is 5.35. The Kier molecular flexibility index (Phi) is 3.12. The Morgan fingerprint density at radius 2 is 2.22 bits per heavy atom. The number of rotatable bonds is 3. The van der Waals surface area contributed by atoms with Gasteiger partial charge in [-0.15, -0.1) is 11.3 Å². The predicted molar refractivity (Wildman–Crippen MR) is 73.5 cm³/mol. The second-order valence-corrected chi connectivity index (χ2v) is 5.32. The lowest BCUT2D eigenvalue weighted by atomic mass is 9.94. The fourth-order valence-corrected chi connectivity index (χ4v) is 3.32. The molecule has 2 aromatic heterocycles. The Hall–Kier alpha value is -1.66. The minimum Gasteiger partial charge on any atom is -0.363 e. The maximum Gasteiger partial charge on any atom is 0.145 e. The number of nitrogens with zero attached hydrogens (tertiary/aromatic N) is 2. The van der Waals surface area contributed by atoms with Gasteiger partial charge >= 0.3 is 0 Å². The summed E-state index contributed by atoms with van der Waals surface area (Å²) in [4.78, 5) is 9.72. The van der Waals surface area contributed by atoms with Gasteiger partial charge in [-0.05, 0) is 36.3 Å². The molecule has 0 saturated carbocycles. The number of hydrazine groups is 1. The summed E-state index contributed by atoms with van der Waals surface area (Å²) in [5.74, 6) is 6.77. The number of thiophene rings is 1. The highest BCUT2D eigenvalue weighted by Gasteiger charge is 2.21. The largest absolute Gasteiger partial charge is 0.363 e. The molecule has 3 rings (SSSR count). The summed E-state index contributed by atoms with van der Waals surface area (Å²) < 4.78 is 0. The van der Waals surface area contributed by atoms with Crippen LogP contribution in [0.15, 0.2) is 23.8 Å². The van der Waals surface area contributed by atoms with Crippen molar-refractivity contribution in [2.75, 3.05) is 10.7 Å². The van der Waals surface area contributed by atoms with Crippen LogP contribution in [0.1, 0.15) is 29.3 Å². The fourth-order valence-electron chi connectivity index (χ4n) is 2.33. The smallest absolute Gasteiger partial charge is 0.145 e. The average molecular weight is 261 g/mol. The highest BCUT2D eigenvalue weighted by atomic mass is 32.1. The van der Waals surface area contributed by atoms with E-state index in [-0.39, 0.29) is 0 Å². The first-order chi connectivity index (χ1) is 8.86. The van der Waals surface area contributed by atoms with E-state index in [2.05, 4.69) is 32.2 Å². The second kappa shape index (κ2) is 4.91. The zero-order valence-electron chi connectivity index (χ0n) is 9.89. The van der Waals surface area contributed by atoms with Crippen molar-refractivity contribution >= 4 is 23.0 Å². The minimum atomic E-state index is 0.348. The number of aryl methyl sites for hydroxylation is 1. The molecule has 4 N–H and O–H groups in total. The van der Waals surface area contributed by atoms with Crippen molar-refractivity contribution in [3.05, 3.63) is 34.3 Å². The van der Waals surface area contributed by atoms with Crippen molar-refractivity contribution in [2.45, 2.75) is 25.3 Å². The standard InChI is InChI=1S/C12H15N5S/c13-17-12-6-11(14-7-15-12)16-9-2-1-3-10-8(9)4-5-18-10/h4-7,9H,1-3,13H2,(H2,14,15,16,17). The van der Waals surface area contributed by atoms with Crippen LogP contribution in [-0.4, -0.2) is 9.97 Å². The number of hydrogen-bond acceptors (Lipinski definition) is 6. The number of nitrogens with two attached hydrogens (primary N) is 1. The van der Waals surface area contributed by atoms with Gasteiger partial charge in [-0.1, -0.05) is 0 Å². The van der Waals surface area contributed by atoms with E-state index in [4.69, 9.17) is 5.84 Å². The van der Waals surface area contributed by atoms with Crippen LogP contribution in [0.25, 0.3) is 0 Å². The molecule has 0 aliphatic heterocycles. The quantitative estimate of drug-likeness (QED) is 0.584. The van der Waals surface area contributed by atoms with E-state index < -0.39 is 0 Å². The molecule has 1 aliphatic carbocycles. The Labute approximate surface area is 109 Å². The monoisotopic (exact) mass is 261 g/mol. The van der Waals surface area contributed by atoms with E-state index in [9.17, 15) is 0 Å². The number of nitrogens with one attached hydrogen (secondary N) is 2. The number of nitrogen functional groups attached to an aromatic ring is 1. The van der Waals surface area contributed by atoms with Gasteiger partial charge in [0.1, 0.15) is 18.0 Å². The summed E-state index contributed by atoms with van der Waals surface area (Å²) >= 11 is 1.84. The van der Waals surface area contributed by atoms with Gasteiger partial charge in [-0.2, -0.15) is 0 Å². The molecular formula is C12H15N5S. The zero-order chi connectivity index (χ0) is 12.4. The number of hydrogen-bond donors (Lipinski definition) is 3. The molecule has 1 aliphatic rings. The summed E-state index contributed by atoms with van der Waals surface area (Å²) in [5.41, 5.74) is 3.94. The topological polar surface area (TPSA) is 75.9 Å². The Morgan fingerprint density at radius 1 is 1.33 bits per heavy atom. The summed E-state index contributed by atoms with van der Waals surface area (Å²) in [7, 11) is 0. The molecule has 0 amide bonds. The fraction of sp³-hybridized carbons (Fsp3) is 0.333. The third-order valence-electron chi connectivity index (χ3n) is 3.19. The minimum absolute atomic E-state index is 0.348. The van der Waals surface area contributed by atoms with Crippen molar-refractivity contribution in [3.63, 3.8) is 0 Å². The molecule has 2 heterocycles. The molecular weight excluding hydrogens is 246 g/mol. The van der Waals surface area contributed by atoms with Crippen LogP contribution in [-0.2, 0) is 6.42 Å². The van der Waals surface area contributed by atoms with Crippen molar-refractivity contribution < 1.29 is 0 Å². The molecule has 94 valence electrons. The van der Waals surface area contributed by atoms with E-state index in [0.29, 0.717) is 11.9 Å². The Balaban J connectivity index is 1.81.